The third kappa shape index (κ3) is 4.69. The Hall–Kier alpha value is -1.83. The van der Waals surface area contributed by atoms with Crippen LogP contribution in [0.2, 0.25) is 0 Å². The second-order valence-corrected chi connectivity index (χ2v) is 4.02. The van der Waals surface area contributed by atoms with E-state index in [0.29, 0.717) is 17.1 Å². The molecule has 1 rings (SSSR count). The number of carbonyl (C=O) groups excluding carboxylic acids is 1. The van der Waals surface area contributed by atoms with Gasteiger partial charge in [-0.15, -0.1) is 0 Å². The van der Waals surface area contributed by atoms with Crippen molar-refractivity contribution in [1.29, 1.82) is 0 Å². The lowest BCUT2D eigenvalue weighted by molar-refractivity contribution is -0.141. The van der Waals surface area contributed by atoms with Crippen molar-refractivity contribution in [2.45, 2.75) is 13.1 Å². The average molecular weight is 291 g/mol. The lowest BCUT2D eigenvalue weighted by atomic mass is 10.2. The minimum Gasteiger partial charge on any atom is -0.395 e. The van der Waals surface area contributed by atoms with Crippen molar-refractivity contribution in [1.82, 2.24) is 9.88 Å². The van der Waals surface area contributed by atoms with Gasteiger partial charge in [0.1, 0.15) is 6.54 Å². The predicted octanol–water partition coefficient (Wildman–Crippen LogP) is 1.51. The minimum absolute atomic E-state index is 0.0968. The molecule has 0 radical (unpaired) electrons. The molecule has 0 unspecified atom stereocenters. The maximum Gasteiger partial charge on any atom is 0.406 e. The Labute approximate surface area is 114 Å². The zero-order valence-electron chi connectivity index (χ0n) is 10.9. The van der Waals surface area contributed by atoms with Crippen LogP contribution in [0.15, 0.2) is 18.5 Å². The number of aromatic nitrogens is 1. The van der Waals surface area contributed by atoms with Crippen LogP contribution in [0.25, 0.3) is 0 Å². The van der Waals surface area contributed by atoms with E-state index in [1.807, 2.05) is 0 Å². The van der Waals surface area contributed by atoms with Gasteiger partial charge in [0.05, 0.1) is 24.1 Å². The summed E-state index contributed by atoms with van der Waals surface area (Å²) in [6.45, 7) is -0.0241. The fourth-order valence-corrected chi connectivity index (χ4v) is 1.67. The number of carbonyl (C=O) groups is 1. The van der Waals surface area contributed by atoms with Gasteiger partial charge >= 0.3 is 6.18 Å². The number of nitrogens with one attached hydrogen (secondary N) is 1. The predicted molar refractivity (Wildman–Crippen MR) is 67.4 cm³/mol. The van der Waals surface area contributed by atoms with E-state index < -0.39 is 25.2 Å². The standard InChI is InChI=1S/C12H16F3N3O2/c1-2-17-10-7-16-4-3-9(10)11(20)18(5-6-19)8-12(13,14)15/h3-4,7,17,19H,2,5-6,8H2,1H3. The zero-order chi connectivity index (χ0) is 15.2. The van der Waals surface area contributed by atoms with E-state index in [1.54, 1.807) is 6.92 Å². The molecule has 0 saturated carbocycles. The van der Waals surface area contributed by atoms with Crippen LogP contribution in [0, 0.1) is 0 Å². The van der Waals surface area contributed by atoms with E-state index >= 15 is 0 Å². The summed E-state index contributed by atoms with van der Waals surface area (Å²) in [6.07, 6.45) is -1.81. The quantitative estimate of drug-likeness (QED) is 0.834. The van der Waals surface area contributed by atoms with Crippen LogP contribution in [0.3, 0.4) is 0 Å². The lowest BCUT2D eigenvalue weighted by Gasteiger charge is -2.24. The van der Waals surface area contributed by atoms with Crippen molar-refractivity contribution in [3.63, 3.8) is 0 Å². The third-order valence-electron chi connectivity index (χ3n) is 2.45. The van der Waals surface area contributed by atoms with Gasteiger partial charge in [0, 0.05) is 19.3 Å². The summed E-state index contributed by atoms with van der Waals surface area (Å²) in [5, 5.41) is 11.7. The molecule has 0 atom stereocenters. The number of halogens is 3. The molecule has 0 saturated heterocycles. The second kappa shape index (κ2) is 7.09. The first-order valence-corrected chi connectivity index (χ1v) is 6.03. The highest BCUT2D eigenvalue weighted by Gasteiger charge is 2.33. The van der Waals surface area contributed by atoms with Crippen LogP contribution in [-0.2, 0) is 0 Å². The largest absolute Gasteiger partial charge is 0.406 e. The van der Waals surface area contributed by atoms with Crippen molar-refractivity contribution < 1.29 is 23.1 Å². The van der Waals surface area contributed by atoms with Crippen LogP contribution >= 0.6 is 0 Å². The van der Waals surface area contributed by atoms with Gasteiger partial charge < -0.3 is 15.3 Å². The molecule has 0 aliphatic rings. The summed E-state index contributed by atoms with van der Waals surface area (Å²) >= 11 is 0. The molecule has 0 aromatic carbocycles. The molecule has 112 valence electrons. The number of hydrogen-bond acceptors (Lipinski definition) is 4. The molecule has 1 aromatic heterocycles. The second-order valence-electron chi connectivity index (χ2n) is 4.02. The Bertz CT molecular complexity index is 452. The van der Waals surface area contributed by atoms with Crippen LogP contribution < -0.4 is 5.32 Å². The van der Waals surface area contributed by atoms with E-state index in [0.717, 1.165) is 0 Å². The first-order valence-electron chi connectivity index (χ1n) is 6.03. The van der Waals surface area contributed by atoms with Crippen molar-refractivity contribution in [2.24, 2.45) is 0 Å². The van der Waals surface area contributed by atoms with Gasteiger partial charge in [0.15, 0.2) is 0 Å². The van der Waals surface area contributed by atoms with Gasteiger partial charge in [-0.05, 0) is 13.0 Å². The topological polar surface area (TPSA) is 65.5 Å². The van der Waals surface area contributed by atoms with Crippen molar-refractivity contribution in [3.05, 3.63) is 24.0 Å². The maximum absolute atomic E-state index is 12.5. The number of alkyl halides is 3. The van der Waals surface area contributed by atoms with Crippen LogP contribution in [0.1, 0.15) is 17.3 Å². The Morgan fingerprint density at radius 2 is 2.20 bits per heavy atom. The SMILES string of the molecule is CCNc1cnccc1C(=O)N(CCO)CC(F)(F)F. The van der Waals surface area contributed by atoms with E-state index in [2.05, 4.69) is 10.3 Å². The summed E-state index contributed by atoms with van der Waals surface area (Å²) in [5.74, 6) is -0.797. The smallest absolute Gasteiger partial charge is 0.395 e. The molecule has 0 aliphatic heterocycles. The highest BCUT2D eigenvalue weighted by Crippen LogP contribution is 2.20. The van der Waals surface area contributed by atoms with E-state index in [9.17, 15) is 18.0 Å². The van der Waals surface area contributed by atoms with Crippen LogP contribution in [0.5, 0.6) is 0 Å². The van der Waals surface area contributed by atoms with Gasteiger partial charge in [0.25, 0.3) is 5.91 Å². The van der Waals surface area contributed by atoms with E-state index in [-0.39, 0.29) is 12.1 Å². The number of anilines is 1. The molecule has 0 aliphatic carbocycles. The molecule has 0 fully saturated rings. The Kier molecular flexibility index (Phi) is 5.75. The molecule has 1 aromatic rings. The highest BCUT2D eigenvalue weighted by atomic mass is 19.4. The fourth-order valence-electron chi connectivity index (χ4n) is 1.67. The number of amides is 1. The molecule has 1 amide bonds. The van der Waals surface area contributed by atoms with Gasteiger partial charge in [-0.2, -0.15) is 13.2 Å². The summed E-state index contributed by atoms with van der Waals surface area (Å²) in [7, 11) is 0. The number of aliphatic hydroxyl groups excluding tert-OH is 1. The number of nitrogens with zero attached hydrogens (tertiary/aromatic N) is 2. The van der Waals surface area contributed by atoms with E-state index in [4.69, 9.17) is 5.11 Å². The van der Waals surface area contributed by atoms with Gasteiger partial charge in [-0.25, -0.2) is 0 Å². The molecular weight excluding hydrogens is 275 g/mol. The number of pyridine rings is 1. The zero-order valence-corrected chi connectivity index (χ0v) is 10.9. The number of rotatable bonds is 6. The van der Waals surface area contributed by atoms with Crippen molar-refractivity contribution in [3.8, 4) is 0 Å². The minimum atomic E-state index is -4.52. The Morgan fingerprint density at radius 1 is 1.50 bits per heavy atom. The molecule has 0 bridgehead atoms. The number of hydrogen-bond donors (Lipinski definition) is 2. The molecule has 5 nitrogen and oxygen atoms in total. The highest BCUT2D eigenvalue weighted by molar-refractivity contribution is 5.99. The van der Waals surface area contributed by atoms with Crippen molar-refractivity contribution in [2.75, 3.05) is 31.6 Å². The molecule has 20 heavy (non-hydrogen) atoms. The Balaban J connectivity index is 3.00. The summed E-state index contributed by atoms with van der Waals surface area (Å²) in [4.78, 5) is 16.5. The van der Waals surface area contributed by atoms with Crippen LogP contribution in [-0.4, -0.2) is 53.3 Å². The van der Waals surface area contributed by atoms with E-state index in [1.165, 1.54) is 18.5 Å². The average Bonchev–Trinajstić information content (AvgIpc) is 2.37. The van der Waals surface area contributed by atoms with Gasteiger partial charge in [-0.1, -0.05) is 0 Å². The Morgan fingerprint density at radius 3 is 2.75 bits per heavy atom. The molecule has 8 heteroatoms. The summed E-state index contributed by atoms with van der Waals surface area (Å²) < 4.78 is 37.4. The van der Waals surface area contributed by atoms with Crippen LogP contribution in [0.4, 0.5) is 18.9 Å². The third-order valence-corrected chi connectivity index (χ3v) is 2.45. The molecule has 1 heterocycles. The molecular formula is C12H16F3N3O2. The fraction of sp³-hybridized carbons (Fsp3) is 0.500. The van der Waals surface area contributed by atoms with Crippen molar-refractivity contribution >= 4 is 11.6 Å². The summed E-state index contributed by atoms with van der Waals surface area (Å²) in [6, 6.07) is 1.35. The maximum atomic E-state index is 12.5. The first-order chi connectivity index (χ1) is 9.39. The van der Waals surface area contributed by atoms with Gasteiger partial charge in [-0.3, -0.25) is 9.78 Å². The summed E-state index contributed by atoms with van der Waals surface area (Å²) in [5.41, 5.74) is 0.463. The monoisotopic (exact) mass is 291 g/mol. The normalized spacial score (nSPS) is 11.2. The lowest BCUT2D eigenvalue weighted by Crippen LogP contribution is -2.40. The molecule has 2 N–H and O–H groups in total. The van der Waals surface area contributed by atoms with Gasteiger partial charge in [0.2, 0.25) is 0 Å². The number of aliphatic hydroxyl groups is 1. The first kappa shape index (κ1) is 16.2. The molecule has 0 spiro atoms.